The van der Waals surface area contributed by atoms with E-state index >= 15 is 0 Å². The van der Waals surface area contributed by atoms with Crippen molar-refractivity contribution in [1.82, 2.24) is 19.7 Å². The number of carbonyl (C=O) groups is 1. The van der Waals surface area contributed by atoms with Crippen molar-refractivity contribution in [2.45, 2.75) is 78.1 Å². The summed E-state index contributed by atoms with van der Waals surface area (Å²) in [5.41, 5.74) is 5.09. The maximum atomic E-state index is 12.8. The third-order valence-electron chi connectivity index (χ3n) is 7.29. The number of phenols is 1. The molecule has 8 heteroatoms. The highest BCUT2D eigenvalue weighted by molar-refractivity contribution is 7.10. The Balaban J connectivity index is 1.48. The van der Waals surface area contributed by atoms with Crippen LogP contribution in [0.25, 0.3) is 17.3 Å². The summed E-state index contributed by atoms with van der Waals surface area (Å²) >= 11 is 7.98. The van der Waals surface area contributed by atoms with Crippen molar-refractivity contribution < 1.29 is 9.90 Å². The first-order valence-electron chi connectivity index (χ1n) is 13.2. The van der Waals surface area contributed by atoms with Crippen molar-refractivity contribution in [3.8, 4) is 17.0 Å². The fourth-order valence-corrected chi connectivity index (χ4v) is 6.21. The van der Waals surface area contributed by atoms with E-state index in [-0.39, 0.29) is 16.7 Å². The molecule has 0 atom stereocenters. The molecular formula is C30H39ClN4O2S. The molecule has 2 aromatic heterocycles. The number of nitrogens with zero attached hydrogens (tertiary/aromatic N) is 4. The summed E-state index contributed by atoms with van der Waals surface area (Å²) in [6, 6.07) is 4.18. The molecule has 0 aliphatic carbocycles. The number of aromatic hydroxyl groups is 1. The lowest BCUT2D eigenvalue weighted by Gasteiger charge is -2.30. The van der Waals surface area contributed by atoms with Gasteiger partial charge in [-0.05, 0) is 48.8 Å². The minimum Gasteiger partial charge on any atom is -0.507 e. The molecule has 4 rings (SSSR count). The molecular weight excluding hydrogens is 516 g/mol. The van der Waals surface area contributed by atoms with E-state index < -0.39 is 0 Å². The molecule has 3 aromatic rings. The van der Waals surface area contributed by atoms with Gasteiger partial charge in [-0.1, -0.05) is 53.1 Å². The van der Waals surface area contributed by atoms with E-state index in [1.165, 1.54) is 0 Å². The lowest BCUT2D eigenvalue weighted by Crippen LogP contribution is -2.36. The number of likely N-dealkylation sites (tertiary alicyclic amines) is 1. The number of phenolic OH excluding ortho intramolecular Hbond substituents is 1. The predicted octanol–water partition coefficient (Wildman–Crippen LogP) is 7.23. The Kier molecular flexibility index (Phi) is 7.84. The first-order valence-corrected chi connectivity index (χ1v) is 14.4. The van der Waals surface area contributed by atoms with Crippen molar-refractivity contribution in [2.75, 3.05) is 13.1 Å². The largest absolute Gasteiger partial charge is 0.507 e. The second-order valence-electron chi connectivity index (χ2n) is 12.3. The van der Waals surface area contributed by atoms with Crippen LogP contribution in [-0.2, 0) is 22.7 Å². The number of aryl methyl sites for hydroxylation is 2. The fraction of sp³-hybridized carbons (Fsp3) is 0.500. The van der Waals surface area contributed by atoms with Gasteiger partial charge in [0.25, 0.3) is 0 Å². The number of hydrogen-bond donors (Lipinski definition) is 1. The van der Waals surface area contributed by atoms with E-state index in [9.17, 15) is 9.90 Å². The van der Waals surface area contributed by atoms with Gasteiger partial charge in [0.15, 0.2) is 0 Å². The minimum absolute atomic E-state index is 0.00360. The molecule has 1 aromatic carbocycles. The van der Waals surface area contributed by atoms with E-state index in [1.807, 2.05) is 11.8 Å². The molecule has 0 unspecified atom stereocenters. The molecule has 1 aliphatic rings. The molecule has 3 heterocycles. The maximum Gasteiger partial charge on any atom is 0.246 e. The van der Waals surface area contributed by atoms with Crippen LogP contribution in [0.3, 0.4) is 0 Å². The fourth-order valence-electron chi connectivity index (χ4n) is 4.98. The first kappa shape index (κ1) is 28.4. The van der Waals surface area contributed by atoms with Gasteiger partial charge in [0.1, 0.15) is 10.9 Å². The van der Waals surface area contributed by atoms with Crippen molar-refractivity contribution in [3.05, 3.63) is 56.1 Å². The van der Waals surface area contributed by atoms with Gasteiger partial charge in [0.05, 0.1) is 16.4 Å². The van der Waals surface area contributed by atoms with E-state index in [4.69, 9.17) is 16.6 Å². The van der Waals surface area contributed by atoms with Crippen LogP contribution in [0.2, 0.25) is 5.15 Å². The smallest absolute Gasteiger partial charge is 0.246 e. The summed E-state index contributed by atoms with van der Waals surface area (Å²) in [5.74, 6) is 0.713. The van der Waals surface area contributed by atoms with Gasteiger partial charge in [-0.3, -0.25) is 9.48 Å². The van der Waals surface area contributed by atoms with Gasteiger partial charge in [-0.25, -0.2) is 4.98 Å². The minimum atomic E-state index is -0.187. The highest BCUT2D eigenvalue weighted by atomic mass is 35.5. The van der Waals surface area contributed by atoms with Crippen LogP contribution in [0, 0.1) is 6.92 Å². The van der Waals surface area contributed by atoms with Crippen LogP contribution in [0.5, 0.6) is 5.75 Å². The zero-order valence-corrected chi connectivity index (χ0v) is 25.3. The maximum absolute atomic E-state index is 12.8. The standard InChI is InChI=1S/C30H39ClN4O2S/c1-18-21(27(31)34(8)33-18)9-10-25(36)35-13-11-19(12-14-35)28-32-24(17-38-28)20-15-22(29(2,3)4)26(37)23(16-20)30(5,6)7/h9-10,15-17,19,37H,11-14H2,1-8H3/b10-9+. The van der Waals surface area contributed by atoms with E-state index in [0.29, 0.717) is 29.9 Å². The molecule has 0 radical (unpaired) electrons. The van der Waals surface area contributed by atoms with Crippen LogP contribution < -0.4 is 0 Å². The van der Waals surface area contributed by atoms with Gasteiger partial charge >= 0.3 is 0 Å². The number of piperidine rings is 1. The van der Waals surface area contributed by atoms with E-state index in [1.54, 1.807) is 35.2 Å². The third-order valence-corrected chi connectivity index (χ3v) is 8.74. The Morgan fingerprint density at radius 3 is 2.18 bits per heavy atom. The number of aromatic nitrogens is 3. The molecule has 38 heavy (non-hydrogen) atoms. The van der Waals surface area contributed by atoms with Crippen LogP contribution >= 0.6 is 22.9 Å². The normalized spacial score (nSPS) is 15.6. The zero-order chi connectivity index (χ0) is 28.0. The number of thiazole rings is 1. The van der Waals surface area contributed by atoms with Gasteiger partial charge in [0.2, 0.25) is 5.91 Å². The lowest BCUT2D eigenvalue weighted by molar-refractivity contribution is -0.126. The van der Waals surface area contributed by atoms with E-state index in [0.717, 1.165) is 51.5 Å². The van der Waals surface area contributed by atoms with Crippen molar-refractivity contribution in [2.24, 2.45) is 7.05 Å². The number of carbonyl (C=O) groups excluding carboxylic acids is 1. The zero-order valence-electron chi connectivity index (χ0n) is 23.7. The molecule has 1 saturated heterocycles. The highest BCUT2D eigenvalue weighted by Crippen LogP contribution is 2.42. The summed E-state index contributed by atoms with van der Waals surface area (Å²) in [7, 11) is 1.79. The van der Waals surface area contributed by atoms with E-state index in [2.05, 4.69) is 64.2 Å². The second-order valence-corrected chi connectivity index (χ2v) is 13.6. The molecule has 1 N–H and O–H groups in total. The Bertz CT molecular complexity index is 1330. The monoisotopic (exact) mass is 554 g/mol. The first-order chi connectivity index (χ1) is 17.7. The van der Waals surface area contributed by atoms with Crippen LogP contribution in [0.1, 0.15) is 87.7 Å². The van der Waals surface area contributed by atoms with Crippen molar-refractivity contribution >= 4 is 34.9 Å². The molecule has 0 bridgehead atoms. The van der Waals surface area contributed by atoms with Crippen molar-refractivity contribution in [3.63, 3.8) is 0 Å². The highest BCUT2D eigenvalue weighted by Gasteiger charge is 2.29. The van der Waals surface area contributed by atoms with Gasteiger partial charge < -0.3 is 10.0 Å². The van der Waals surface area contributed by atoms with Gasteiger partial charge in [-0.15, -0.1) is 11.3 Å². The Hall–Kier alpha value is -2.64. The average molecular weight is 555 g/mol. The molecule has 0 saturated carbocycles. The third kappa shape index (κ3) is 5.84. The van der Waals surface area contributed by atoms with Gasteiger partial charge in [0, 0.05) is 59.8 Å². The summed E-state index contributed by atoms with van der Waals surface area (Å²) < 4.78 is 1.61. The Labute approximate surface area is 235 Å². The summed E-state index contributed by atoms with van der Waals surface area (Å²) in [4.78, 5) is 19.8. The SMILES string of the molecule is Cc1nn(C)c(Cl)c1/C=C/C(=O)N1CCC(c2nc(-c3cc(C(C)(C)C)c(O)c(C(C)(C)C)c3)cs2)CC1. The number of benzene rings is 1. The lowest BCUT2D eigenvalue weighted by atomic mass is 9.78. The Morgan fingerprint density at radius 1 is 1.11 bits per heavy atom. The summed E-state index contributed by atoms with van der Waals surface area (Å²) in [6.45, 7) is 16.0. The molecule has 0 spiro atoms. The second kappa shape index (κ2) is 10.5. The van der Waals surface area contributed by atoms with Crippen LogP contribution in [0.15, 0.2) is 23.6 Å². The number of halogens is 1. The average Bonchev–Trinajstić information content (AvgIpc) is 3.41. The Morgan fingerprint density at radius 2 is 1.68 bits per heavy atom. The quantitative estimate of drug-likeness (QED) is 0.345. The molecule has 6 nitrogen and oxygen atoms in total. The molecule has 1 fully saturated rings. The summed E-state index contributed by atoms with van der Waals surface area (Å²) in [6.07, 6.45) is 5.13. The van der Waals surface area contributed by atoms with Gasteiger partial charge in [-0.2, -0.15) is 5.10 Å². The number of amides is 1. The van der Waals surface area contributed by atoms with Crippen LogP contribution in [0.4, 0.5) is 0 Å². The van der Waals surface area contributed by atoms with Crippen LogP contribution in [-0.4, -0.2) is 43.8 Å². The predicted molar refractivity (Wildman–Crippen MR) is 157 cm³/mol. The number of hydrogen-bond acceptors (Lipinski definition) is 5. The topological polar surface area (TPSA) is 71.2 Å². The molecule has 1 aliphatic heterocycles. The number of rotatable bonds is 4. The van der Waals surface area contributed by atoms with Crippen molar-refractivity contribution in [1.29, 1.82) is 0 Å². The molecule has 204 valence electrons. The molecule has 1 amide bonds. The summed E-state index contributed by atoms with van der Waals surface area (Å²) in [5, 5.41) is 19.1.